The van der Waals surface area contributed by atoms with Gasteiger partial charge in [-0.2, -0.15) is 0 Å². The Morgan fingerprint density at radius 3 is 2.41 bits per heavy atom. The first-order chi connectivity index (χ1) is 8.25. The van der Waals surface area contributed by atoms with E-state index in [1.807, 2.05) is 0 Å². The molecule has 1 aliphatic rings. The number of hydrogen-bond acceptors (Lipinski definition) is 0. The van der Waals surface area contributed by atoms with Crippen molar-refractivity contribution >= 4 is 15.9 Å². The van der Waals surface area contributed by atoms with E-state index in [-0.39, 0.29) is 0 Å². The van der Waals surface area contributed by atoms with Crippen molar-refractivity contribution in [2.24, 2.45) is 11.8 Å². The summed E-state index contributed by atoms with van der Waals surface area (Å²) in [6.45, 7) is 2.40. The molecule has 17 heavy (non-hydrogen) atoms. The van der Waals surface area contributed by atoms with Gasteiger partial charge in [0, 0.05) is 4.83 Å². The molecule has 0 N–H and O–H groups in total. The molecule has 1 heteroatoms. The van der Waals surface area contributed by atoms with Gasteiger partial charge in [-0.25, -0.2) is 0 Å². The maximum atomic E-state index is 3.82. The van der Waals surface area contributed by atoms with E-state index in [2.05, 4.69) is 53.2 Å². The SMILES string of the molecule is CC1CCC(CCC(Br)c2ccccc2)CC1. The molecule has 0 bridgehead atoms. The summed E-state index contributed by atoms with van der Waals surface area (Å²) in [6.07, 6.45) is 8.47. The Morgan fingerprint density at radius 1 is 1.12 bits per heavy atom. The number of alkyl halides is 1. The molecule has 1 saturated carbocycles. The molecule has 1 fully saturated rings. The Morgan fingerprint density at radius 2 is 1.76 bits per heavy atom. The molecular formula is C16H23Br. The zero-order valence-corrected chi connectivity index (χ0v) is 12.3. The van der Waals surface area contributed by atoms with Gasteiger partial charge in [-0.15, -0.1) is 0 Å². The molecular weight excluding hydrogens is 272 g/mol. The van der Waals surface area contributed by atoms with Gasteiger partial charge in [0.2, 0.25) is 0 Å². The minimum Gasteiger partial charge on any atom is -0.0839 e. The van der Waals surface area contributed by atoms with Crippen LogP contribution in [0.2, 0.25) is 0 Å². The molecule has 1 atom stereocenters. The van der Waals surface area contributed by atoms with Crippen LogP contribution in [0, 0.1) is 11.8 Å². The normalized spacial score (nSPS) is 26.7. The molecule has 0 nitrogen and oxygen atoms in total. The van der Waals surface area contributed by atoms with Gasteiger partial charge < -0.3 is 0 Å². The second-order valence-corrected chi connectivity index (χ2v) is 6.69. The predicted octanol–water partition coefficient (Wildman–Crippen LogP) is 5.73. The van der Waals surface area contributed by atoms with Gasteiger partial charge >= 0.3 is 0 Å². The molecule has 0 spiro atoms. The first-order valence-electron chi connectivity index (χ1n) is 6.94. The summed E-state index contributed by atoms with van der Waals surface area (Å²) in [5.41, 5.74) is 1.43. The van der Waals surface area contributed by atoms with Crippen LogP contribution in [-0.2, 0) is 0 Å². The van der Waals surface area contributed by atoms with Crippen molar-refractivity contribution in [2.45, 2.75) is 50.3 Å². The largest absolute Gasteiger partial charge is 0.0839 e. The zero-order valence-electron chi connectivity index (χ0n) is 10.7. The van der Waals surface area contributed by atoms with Gasteiger partial charge in [0.15, 0.2) is 0 Å². The monoisotopic (exact) mass is 294 g/mol. The molecule has 0 saturated heterocycles. The fourth-order valence-electron chi connectivity index (χ4n) is 2.83. The van der Waals surface area contributed by atoms with Gasteiger partial charge in [0.25, 0.3) is 0 Å². The predicted molar refractivity (Wildman–Crippen MR) is 78.5 cm³/mol. The third-order valence-electron chi connectivity index (χ3n) is 4.13. The van der Waals surface area contributed by atoms with E-state index in [1.165, 1.54) is 44.1 Å². The molecule has 1 aliphatic carbocycles. The van der Waals surface area contributed by atoms with Crippen LogP contribution in [0.3, 0.4) is 0 Å². The minimum atomic E-state index is 0.544. The third-order valence-corrected chi connectivity index (χ3v) is 5.11. The highest BCUT2D eigenvalue weighted by molar-refractivity contribution is 9.09. The quantitative estimate of drug-likeness (QED) is 0.622. The Balaban J connectivity index is 1.75. The highest BCUT2D eigenvalue weighted by atomic mass is 79.9. The van der Waals surface area contributed by atoms with E-state index in [1.54, 1.807) is 0 Å². The maximum Gasteiger partial charge on any atom is 0.0395 e. The lowest BCUT2D eigenvalue weighted by Crippen LogP contribution is -2.12. The lowest BCUT2D eigenvalue weighted by molar-refractivity contribution is 0.273. The first kappa shape index (κ1) is 13.1. The lowest BCUT2D eigenvalue weighted by atomic mass is 9.80. The molecule has 0 amide bonds. The van der Waals surface area contributed by atoms with Crippen molar-refractivity contribution in [1.82, 2.24) is 0 Å². The van der Waals surface area contributed by atoms with Crippen LogP contribution < -0.4 is 0 Å². The van der Waals surface area contributed by atoms with Crippen LogP contribution in [-0.4, -0.2) is 0 Å². The van der Waals surface area contributed by atoms with Crippen molar-refractivity contribution in [3.05, 3.63) is 35.9 Å². The highest BCUT2D eigenvalue weighted by Gasteiger charge is 2.19. The van der Waals surface area contributed by atoms with Crippen LogP contribution in [0.15, 0.2) is 30.3 Å². The summed E-state index contributed by atoms with van der Waals surface area (Å²) in [6, 6.07) is 10.8. The summed E-state index contributed by atoms with van der Waals surface area (Å²) in [7, 11) is 0. The number of hydrogen-bond donors (Lipinski definition) is 0. The number of halogens is 1. The highest BCUT2D eigenvalue weighted by Crippen LogP contribution is 2.35. The van der Waals surface area contributed by atoms with Crippen molar-refractivity contribution in [2.75, 3.05) is 0 Å². The Labute approximate surface area is 114 Å². The standard InChI is InChI=1S/C16H23Br/c1-13-7-9-14(10-8-13)11-12-16(17)15-5-3-2-4-6-15/h2-6,13-14,16H,7-12H2,1H3. The van der Waals surface area contributed by atoms with E-state index >= 15 is 0 Å². The number of benzene rings is 1. The van der Waals surface area contributed by atoms with Gasteiger partial charge in [-0.05, 0) is 30.2 Å². The average Bonchev–Trinajstić information content (AvgIpc) is 2.39. The zero-order chi connectivity index (χ0) is 12.1. The van der Waals surface area contributed by atoms with E-state index in [0.717, 1.165) is 11.8 Å². The summed E-state index contributed by atoms with van der Waals surface area (Å²) in [5.74, 6) is 1.95. The van der Waals surface area contributed by atoms with Crippen LogP contribution in [0.4, 0.5) is 0 Å². The lowest BCUT2D eigenvalue weighted by Gasteiger charge is -2.26. The molecule has 2 rings (SSSR count). The fraction of sp³-hybridized carbons (Fsp3) is 0.625. The maximum absolute atomic E-state index is 3.82. The molecule has 0 radical (unpaired) electrons. The summed E-state index contributed by atoms with van der Waals surface area (Å²) >= 11 is 3.82. The third kappa shape index (κ3) is 4.13. The van der Waals surface area contributed by atoms with Crippen molar-refractivity contribution in [1.29, 1.82) is 0 Å². The fourth-order valence-corrected chi connectivity index (χ4v) is 3.40. The van der Waals surface area contributed by atoms with Gasteiger partial charge in [-0.3, -0.25) is 0 Å². The minimum absolute atomic E-state index is 0.544. The summed E-state index contributed by atoms with van der Waals surface area (Å²) in [5, 5.41) is 0. The molecule has 0 heterocycles. The first-order valence-corrected chi connectivity index (χ1v) is 7.86. The van der Waals surface area contributed by atoms with E-state index in [4.69, 9.17) is 0 Å². The molecule has 0 aliphatic heterocycles. The van der Waals surface area contributed by atoms with Gasteiger partial charge in [-0.1, -0.05) is 78.9 Å². The number of rotatable bonds is 4. The van der Waals surface area contributed by atoms with Crippen LogP contribution in [0.1, 0.15) is 55.8 Å². The molecule has 94 valence electrons. The Kier molecular flexibility index (Phi) is 5.09. The second kappa shape index (κ2) is 6.58. The Hall–Kier alpha value is -0.300. The smallest absolute Gasteiger partial charge is 0.0395 e. The Bertz CT molecular complexity index is 312. The van der Waals surface area contributed by atoms with E-state index in [0.29, 0.717) is 4.83 Å². The van der Waals surface area contributed by atoms with E-state index < -0.39 is 0 Å². The van der Waals surface area contributed by atoms with Crippen LogP contribution >= 0.6 is 15.9 Å². The molecule has 1 aromatic carbocycles. The molecule has 1 unspecified atom stereocenters. The van der Waals surface area contributed by atoms with E-state index in [9.17, 15) is 0 Å². The summed E-state index contributed by atoms with van der Waals surface area (Å²) < 4.78 is 0. The second-order valence-electron chi connectivity index (χ2n) is 5.58. The van der Waals surface area contributed by atoms with Crippen molar-refractivity contribution in [3.63, 3.8) is 0 Å². The van der Waals surface area contributed by atoms with Crippen LogP contribution in [0.5, 0.6) is 0 Å². The average molecular weight is 295 g/mol. The van der Waals surface area contributed by atoms with Crippen molar-refractivity contribution in [3.8, 4) is 0 Å². The van der Waals surface area contributed by atoms with Crippen LogP contribution in [0.25, 0.3) is 0 Å². The van der Waals surface area contributed by atoms with Crippen molar-refractivity contribution < 1.29 is 0 Å². The molecule has 1 aromatic rings. The molecule has 0 aromatic heterocycles. The van der Waals surface area contributed by atoms with Gasteiger partial charge in [0.1, 0.15) is 0 Å². The topological polar surface area (TPSA) is 0 Å². The summed E-state index contributed by atoms with van der Waals surface area (Å²) in [4.78, 5) is 0.544. The van der Waals surface area contributed by atoms with Gasteiger partial charge in [0.05, 0.1) is 0 Å².